The van der Waals surface area contributed by atoms with Crippen molar-refractivity contribution in [3.8, 4) is 0 Å². The van der Waals surface area contributed by atoms with E-state index in [4.69, 9.17) is 12.2 Å². The van der Waals surface area contributed by atoms with Crippen LogP contribution in [0.15, 0.2) is 6.33 Å². The van der Waals surface area contributed by atoms with Gasteiger partial charge in [0, 0.05) is 19.5 Å². The van der Waals surface area contributed by atoms with Crippen molar-refractivity contribution >= 4 is 18.1 Å². The van der Waals surface area contributed by atoms with Crippen LogP contribution in [0.1, 0.15) is 20.3 Å². The van der Waals surface area contributed by atoms with Crippen molar-refractivity contribution in [1.29, 1.82) is 0 Å². The molecule has 0 saturated heterocycles. The Morgan fingerprint density at radius 2 is 2.47 bits per heavy atom. The molecule has 15 heavy (non-hydrogen) atoms. The highest BCUT2D eigenvalue weighted by Crippen LogP contribution is 1.93. The fraction of sp³-hybridized carbons (Fsp3) is 0.667. The predicted octanol–water partition coefficient (Wildman–Crippen LogP) is 1.10. The van der Waals surface area contributed by atoms with Gasteiger partial charge in [0.25, 0.3) is 0 Å². The topological polar surface area (TPSA) is 62.7 Å². The van der Waals surface area contributed by atoms with Gasteiger partial charge in [-0.2, -0.15) is 5.10 Å². The molecule has 0 atom stereocenters. The van der Waals surface area contributed by atoms with E-state index in [0.29, 0.717) is 23.7 Å². The van der Waals surface area contributed by atoms with E-state index in [1.54, 1.807) is 10.9 Å². The van der Waals surface area contributed by atoms with Crippen LogP contribution in [0, 0.1) is 10.7 Å². The Bertz CT molecular complexity index is 368. The third-order valence-corrected chi connectivity index (χ3v) is 2.23. The Kier molecular flexibility index (Phi) is 4.48. The molecule has 5 nitrogen and oxygen atoms in total. The van der Waals surface area contributed by atoms with Crippen molar-refractivity contribution in [2.75, 3.05) is 6.54 Å². The maximum Gasteiger partial charge on any atom is 0.221 e. The molecule has 0 bridgehead atoms. The minimum Gasteiger partial charge on any atom is -0.356 e. The number of hydrogen-bond donors (Lipinski definition) is 2. The van der Waals surface area contributed by atoms with Gasteiger partial charge in [-0.1, -0.05) is 13.8 Å². The van der Waals surface area contributed by atoms with Gasteiger partial charge in [-0.05, 0) is 18.1 Å². The summed E-state index contributed by atoms with van der Waals surface area (Å²) in [4.78, 5) is 11.4. The van der Waals surface area contributed by atoms with Gasteiger partial charge in [-0.15, -0.1) is 0 Å². The van der Waals surface area contributed by atoms with E-state index >= 15 is 0 Å². The van der Waals surface area contributed by atoms with Crippen LogP contribution in [0.5, 0.6) is 0 Å². The van der Waals surface area contributed by atoms with E-state index in [2.05, 4.69) is 29.4 Å². The number of carbonyl (C=O) groups excluding carboxylic acids is 1. The summed E-state index contributed by atoms with van der Waals surface area (Å²) in [5, 5.41) is 9.26. The fourth-order valence-corrected chi connectivity index (χ4v) is 1.25. The summed E-state index contributed by atoms with van der Waals surface area (Å²) in [6.07, 6.45) is 2.03. The first-order valence-electron chi connectivity index (χ1n) is 4.96. The molecule has 0 spiro atoms. The number of aromatic amines is 1. The minimum absolute atomic E-state index is 0.0480. The van der Waals surface area contributed by atoms with Gasteiger partial charge >= 0.3 is 0 Å². The largest absolute Gasteiger partial charge is 0.356 e. The molecular formula is C9H16N4OS. The van der Waals surface area contributed by atoms with Crippen molar-refractivity contribution in [2.45, 2.75) is 26.8 Å². The first-order valence-corrected chi connectivity index (χ1v) is 5.37. The van der Waals surface area contributed by atoms with E-state index < -0.39 is 0 Å². The van der Waals surface area contributed by atoms with Gasteiger partial charge in [0.2, 0.25) is 5.91 Å². The number of carbonyl (C=O) groups is 1. The van der Waals surface area contributed by atoms with Crippen LogP contribution in [0.25, 0.3) is 0 Å². The molecule has 2 N–H and O–H groups in total. The Balaban J connectivity index is 2.29. The number of aromatic nitrogens is 3. The summed E-state index contributed by atoms with van der Waals surface area (Å²) in [5.74, 6) is 0.525. The van der Waals surface area contributed by atoms with E-state index in [9.17, 15) is 4.79 Å². The molecule has 6 heteroatoms. The zero-order valence-corrected chi connectivity index (χ0v) is 9.80. The standard InChI is InChI=1S/C9H16N4OS/c1-7(2)5-10-8(14)3-4-13-6-11-12-9(13)15/h6-7H,3-5H2,1-2H3,(H,10,14)(H,12,15). The SMILES string of the molecule is CC(C)CNC(=O)CCn1cn[nH]c1=S. The molecule has 0 aliphatic heterocycles. The van der Waals surface area contributed by atoms with E-state index in [1.807, 2.05) is 0 Å². The average Bonchev–Trinajstić information content (AvgIpc) is 2.58. The molecule has 0 aliphatic carbocycles. The number of nitrogens with zero attached hydrogens (tertiary/aromatic N) is 2. The van der Waals surface area contributed by atoms with Crippen LogP contribution in [0.2, 0.25) is 0 Å². The van der Waals surface area contributed by atoms with Crippen LogP contribution in [-0.4, -0.2) is 27.2 Å². The highest BCUT2D eigenvalue weighted by Gasteiger charge is 2.03. The molecule has 0 fully saturated rings. The summed E-state index contributed by atoms with van der Waals surface area (Å²) in [5.41, 5.74) is 0. The Hall–Kier alpha value is -1.17. The summed E-state index contributed by atoms with van der Waals surface area (Å²) in [7, 11) is 0. The van der Waals surface area contributed by atoms with Crippen LogP contribution in [0.4, 0.5) is 0 Å². The molecule has 1 rings (SSSR count). The number of aryl methyl sites for hydroxylation is 1. The molecule has 84 valence electrons. The second-order valence-electron chi connectivity index (χ2n) is 3.80. The second-order valence-corrected chi connectivity index (χ2v) is 4.19. The van der Waals surface area contributed by atoms with Crippen molar-refractivity contribution in [1.82, 2.24) is 20.1 Å². The normalized spacial score (nSPS) is 10.6. The maximum atomic E-state index is 11.4. The van der Waals surface area contributed by atoms with E-state index in [-0.39, 0.29) is 5.91 Å². The van der Waals surface area contributed by atoms with Crippen molar-refractivity contribution < 1.29 is 4.79 Å². The molecule has 1 amide bonds. The summed E-state index contributed by atoms with van der Waals surface area (Å²) >= 11 is 4.96. The third kappa shape index (κ3) is 4.24. The Labute approximate surface area is 93.9 Å². The minimum atomic E-state index is 0.0480. The lowest BCUT2D eigenvalue weighted by molar-refractivity contribution is -0.121. The van der Waals surface area contributed by atoms with Crippen molar-refractivity contribution in [3.05, 3.63) is 11.1 Å². The van der Waals surface area contributed by atoms with Gasteiger partial charge in [-0.3, -0.25) is 9.89 Å². The zero-order chi connectivity index (χ0) is 11.3. The first kappa shape index (κ1) is 11.9. The molecule has 0 radical (unpaired) electrons. The summed E-state index contributed by atoms with van der Waals surface area (Å²) in [6, 6.07) is 0. The lowest BCUT2D eigenvalue weighted by Crippen LogP contribution is -2.28. The van der Waals surface area contributed by atoms with Crippen LogP contribution in [0.3, 0.4) is 0 Å². The predicted molar refractivity (Wildman–Crippen MR) is 59.9 cm³/mol. The van der Waals surface area contributed by atoms with E-state index in [1.165, 1.54) is 0 Å². The lowest BCUT2D eigenvalue weighted by Gasteiger charge is -2.07. The second kappa shape index (κ2) is 5.65. The van der Waals surface area contributed by atoms with Crippen LogP contribution in [-0.2, 0) is 11.3 Å². The van der Waals surface area contributed by atoms with Crippen molar-refractivity contribution in [3.63, 3.8) is 0 Å². The summed E-state index contributed by atoms with van der Waals surface area (Å²) in [6.45, 7) is 5.41. The zero-order valence-electron chi connectivity index (χ0n) is 8.99. The summed E-state index contributed by atoms with van der Waals surface area (Å²) < 4.78 is 2.29. The molecule has 0 aliphatic rings. The number of H-pyrrole nitrogens is 1. The molecule has 1 aromatic heterocycles. The molecule has 0 saturated carbocycles. The molecule has 0 aromatic carbocycles. The van der Waals surface area contributed by atoms with Crippen molar-refractivity contribution in [2.24, 2.45) is 5.92 Å². The number of nitrogens with one attached hydrogen (secondary N) is 2. The van der Waals surface area contributed by atoms with Crippen LogP contribution < -0.4 is 5.32 Å². The average molecular weight is 228 g/mol. The highest BCUT2D eigenvalue weighted by molar-refractivity contribution is 7.71. The highest BCUT2D eigenvalue weighted by atomic mass is 32.1. The van der Waals surface area contributed by atoms with E-state index in [0.717, 1.165) is 6.54 Å². The van der Waals surface area contributed by atoms with Gasteiger partial charge in [-0.25, -0.2) is 0 Å². The van der Waals surface area contributed by atoms with Gasteiger partial charge in [0.1, 0.15) is 6.33 Å². The first-order chi connectivity index (χ1) is 7.09. The number of amides is 1. The number of hydrogen-bond acceptors (Lipinski definition) is 3. The van der Waals surface area contributed by atoms with Crippen LogP contribution >= 0.6 is 12.2 Å². The van der Waals surface area contributed by atoms with Gasteiger partial charge in [0.05, 0.1) is 0 Å². The Morgan fingerprint density at radius 3 is 3.00 bits per heavy atom. The fourth-order valence-electron chi connectivity index (χ4n) is 1.06. The smallest absolute Gasteiger partial charge is 0.221 e. The third-order valence-electron chi connectivity index (χ3n) is 1.91. The number of rotatable bonds is 5. The molecule has 0 unspecified atom stereocenters. The van der Waals surface area contributed by atoms with Gasteiger partial charge < -0.3 is 9.88 Å². The molecule has 1 aromatic rings. The maximum absolute atomic E-state index is 11.4. The molecule has 1 heterocycles. The quantitative estimate of drug-likeness (QED) is 0.742. The Morgan fingerprint density at radius 1 is 1.73 bits per heavy atom. The molecular weight excluding hydrogens is 212 g/mol. The lowest BCUT2D eigenvalue weighted by atomic mass is 10.2. The monoisotopic (exact) mass is 228 g/mol. The van der Waals surface area contributed by atoms with Gasteiger partial charge in [0.15, 0.2) is 4.77 Å².